The summed E-state index contributed by atoms with van der Waals surface area (Å²) < 4.78 is 5.06. The molecule has 0 aliphatic carbocycles. The highest BCUT2D eigenvalue weighted by Crippen LogP contribution is 2.14. The Morgan fingerprint density at radius 2 is 1.56 bits per heavy atom. The highest BCUT2D eigenvalue weighted by molar-refractivity contribution is 6.30. The molecule has 0 unspecified atom stereocenters. The van der Waals surface area contributed by atoms with Gasteiger partial charge in [-0.1, -0.05) is 23.7 Å². The highest BCUT2D eigenvalue weighted by Gasteiger charge is 2.14. The summed E-state index contributed by atoms with van der Waals surface area (Å²) in [7, 11) is 5.62. The highest BCUT2D eigenvalue weighted by atomic mass is 35.5. The Bertz CT molecular complexity index is 727. The van der Waals surface area contributed by atoms with Gasteiger partial charge in [0, 0.05) is 38.4 Å². The van der Waals surface area contributed by atoms with E-state index >= 15 is 0 Å². The van der Waals surface area contributed by atoms with Gasteiger partial charge in [-0.15, -0.1) is 0 Å². The zero-order valence-electron chi connectivity index (χ0n) is 14.5. The molecule has 0 aromatic heterocycles. The fourth-order valence-electron chi connectivity index (χ4n) is 2.17. The summed E-state index contributed by atoms with van der Waals surface area (Å²) in [4.78, 5) is 27.6. The summed E-state index contributed by atoms with van der Waals surface area (Å²) in [5, 5.41) is 0.535. The van der Waals surface area contributed by atoms with Crippen LogP contribution in [-0.2, 0) is 16.1 Å². The van der Waals surface area contributed by atoms with E-state index in [9.17, 15) is 9.59 Å². The Morgan fingerprint density at radius 1 is 0.960 bits per heavy atom. The zero-order valence-corrected chi connectivity index (χ0v) is 15.3. The molecule has 2 rings (SSSR count). The number of hydrogen-bond acceptors (Lipinski definition) is 4. The lowest BCUT2D eigenvalue weighted by atomic mass is 10.2. The number of hydrogen-bond donors (Lipinski definition) is 0. The molecule has 0 saturated carbocycles. The van der Waals surface area contributed by atoms with Gasteiger partial charge in [-0.3, -0.25) is 4.79 Å². The third-order valence-corrected chi connectivity index (χ3v) is 3.96. The number of benzene rings is 2. The number of ether oxygens (including phenoxy) is 1. The molecule has 0 N–H and O–H groups in total. The van der Waals surface area contributed by atoms with Gasteiger partial charge in [-0.05, 0) is 42.0 Å². The number of rotatable bonds is 6. The molecule has 1 amide bonds. The van der Waals surface area contributed by atoms with Gasteiger partial charge >= 0.3 is 5.97 Å². The van der Waals surface area contributed by atoms with Gasteiger partial charge in [0.05, 0.1) is 5.56 Å². The molecule has 5 nitrogen and oxygen atoms in total. The number of amides is 1. The van der Waals surface area contributed by atoms with Crippen LogP contribution in [0.3, 0.4) is 0 Å². The van der Waals surface area contributed by atoms with Gasteiger partial charge < -0.3 is 14.5 Å². The molecule has 0 fully saturated rings. The van der Waals surface area contributed by atoms with Crippen molar-refractivity contribution in [2.75, 3.05) is 32.6 Å². The van der Waals surface area contributed by atoms with Gasteiger partial charge in [0.25, 0.3) is 5.91 Å². The summed E-state index contributed by atoms with van der Waals surface area (Å²) in [5.41, 5.74) is 2.46. The van der Waals surface area contributed by atoms with Crippen molar-refractivity contribution < 1.29 is 14.3 Å². The number of halogens is 1. The summed E-state index contributed by atoms with van der Waals surface area (Å²) in [6, 6.07) is 14.3. The number of nitrogens with zero attached hydrogens (tertiary/aromatic N) is 2. The predicted octanol–water partition coefficient (Wildman–Crippen LogP) is 3.22. The maximum atomic E-state index is 12.1. The van der Waals surface area contributed by atoms with Crippen molar-refractivity contribution in [3.63, 3.8) is 0 Å². The average molecular weight is 361 g/mol. The molecule has 6 heteroatoms. The Kier molecular flexibility index (Phi) is 6.42. The van der Waals surface area contributed by atoms with E-state index in [1.807, 2.05) is 43.3 Å². The van der Waals surface area contributed by atoms with Crippen molar-refractivity contribution >= 4 is 29.2 Å². The van der Waals surface area contributed by atoms with Crippen molar-refractivity contribution in [2.24, 2.45) is 0 Å². The molecule has 25 heavy (non-hydrogen) atoms. The van der Waals surface area contributed by atoms with E-state index in [0.29, 0.717) is 17.1 Å². The van der Waals surface area contributed by atoms with Crippen LogP contribution in [0.25, 0.3) is 0 Å². The van der Waals surface area contributed by atoms with E-state index in [1.165, 1.54) is 4.90 Å². The van der Waals surface area contributed by atoms with Crippen molar-refractivity contribution in [1.82, 2.24) is 4.90 Å². The van der Waals surface area contributed by atoms with E-state index in [1.54, 1.807) is 31.3 Å². The maximum absolute atomic E-state index is 12.1. The van der Waals surface area contributed by atoms with Crippen LogP contribution in [0.2, 0.25) is 5.02 Å². The number of likely N-dealkylation sites (N-methyl/N-ethyl adjacent to an activating group) is 1. The first-order chi connectivity index (χ1) is 11.9. The Hall–Kier alpha value is -2.53. The van der Waals surface area contributed by atoms with E-state index in [0.717, 1.165) is 11.3 Å². The van der Waals surface area contributed by atoms with Crippen molar-refractivity contribution in [3.8, 4) is 0 Å². The second-order valence-corrected chi connectivity index (χ2v) is 6.33. The van der Waals surface area contributed by atoms with Crippen molar-refractivity contribution in [2.45, 2.75) is 6.54 Å². The topological polar surface area (TPSA) is 49.9 Å². The van der Waals surface area contributed by atoms with Crippen LogP contribution in [-0.4, -0.2) is 44.5 Å². The minimum absolute atomic E-state index is 0.265. The molecular formula is C19H21ClN2O3. The maximum Gasteiger partial charge on any atom is 0.338 e. The first-order valence-corrected chi connectivity index (χ1v) is 8.17. The minimum atomic E-state index is -0.547. The summed E-state index contributed by atoms with van der Waals surface area (Å²) in [6.07, 6.45) is 0. The van der Waals surface area contributed by atoms with E-state index in [-0.39, 0.29) is 12.5 Å². The van der Waals surface area contributed by atoms with Crippen LogP contribution in [0, 0.1) is 0 Å². The van der Waals surface area contributed by atoms with Gasteiger partial charge in [-0.2, -0.15) is 0 Å². The first kappa shape index (κ1) is 18.8. The number of carbonyl (C=O) groups is 2. The third-order valence-electron chi connectivity index (χ3n) is 3.70. The number of esters is 1. The van der Waals surface area contributed by atoms with Crippen LogP contribution in [0.4, 0.5) is 5.69 Å². The third kappa shape index (κ3) is 5.50. The monoisotopic (exact) mass is 360 g/mol. The predicted molar refractivity (Wildman–Crippen MR) is 99.0 cm³/mol. The molecule has 0 heterocycles. The van der Waals surface area contributed by atoms with Crippen LogP contribution in [0.15, 0.2) is 48.5 Å². The molecule has 2 aromatic carbocycles. The number of anilines is 1. The smallest absolute Gasteiger partial charge is 0.338 e. The van der Waals surface area contributed by atoms with Gasteiger partial charge in [0.2, 0.25) is 0 Å². The lowest BCUT2D eigenvalue weighted by molar-refractivity contribution is -0.133. The largest absolute Gasteiger partial charge is 0.452 e. The van der Waals surface area contributed by atoms with E-state index in [4.69, 9.17) is 16.3 Å². The zero-order chi connectivity index (χ0) is 18.4. The van der Waals surface area contributed by atoms with E-state index < -0.39 is 5.97 Å². The van der Waals surface area contributed by atoms with Gasteiger partial charge in [0.1, 0.15) is 0 Å². The van der Waals surface area contributed by atoms with Crippen LogP contribution >= 0.6 is 11.6 Å². The summed E-state index contributed by atoms with van der Waals surface area (Å²) >= 11 is 5.77. The summed E-state index contributed by atoms with van der Waals surface area (Å²) in [5.74, 6) is -0.812. The van der Waals surface area contributed by atoms with Crippen molar-refractivity contribution in [3.05, 3.63) is 64.7 Å². The molecule has 0 radical (unpaired) electrons. The number of carbonyl (C=O) groups excluding carboxylic acids is 2. The SMILES string of the molecule is CN(Cc1ccc(N(C)C)cc1)C(=O)COC(=O)c1ccc(Cl)cc1. The molecule has 0 aliphatic rings. The first-order valence-electron chi connectivity index (χ1n) is 7.79. The Labute approximate surface area is 152 Å². The normalized spacial score (nSPS) is 10.2. The van der Waals surface area contributed by atoms with E-state index in [2.05, 4.69) is 0 Å². The fourth-order valence-corrected chi connectivity index (χ4v) is 2.29. The van der Waals surface area contributed by atoms with Gasteiger partial charge in [-0.25, -0.2) is 4.79 Å². The standard InChI is InChI=1S/C19H21ClN2O3/c1-21(2)17-10-4-14(5-11-17)12-22(3)18(23)13-25-19(24)15-6-8-16(20)9-7-15/h4-11H,12-13H2,1-3H3. The minimum Gasteiger partial charge on any atom is -0.452 e. The quantitative estimate of drug-likeness (QED) is 0.742. The molecule has 0 aliphatic heterocycles. The molecule has 0 atom stereocenters. The Balaban J connectivity index is 1.85. The lowest BCUT2D eigenvalue weighted by Gasteiger charge is -2.18. The molecule has 0 bridgehead atoms. The van der Waals surface area contributed by atoms with Gasteiger partial charge in [0.15, 0.2) is 6.61 Å². The Morgan fingerprint density at radius 3 is 2.12 bits per heavy atom. The lowest BCUT2D eigenvalue weighted by Crippen LogP contribution is -2.30. The van der Waals surface area contributed by atoms with Crippen LogP contribution in [0.1, 0.15) is 15.9 Å². The van der Waals surface area contributed by atoms with Crippen LogP contribution < -0.4 is 4.90 Å². The average Bonchev–Trinajstić information content (AvgIpc) is 2.60. The summed E-state index contributed by atoms with van der Waals surface area (Å²) in [6.45, 7) is 0.152. The molecule has 0 spiro atoms. The second kappa shape index (κ2) is 8.53. The molecule has 132 valence electrons. The van der Waals surface area contributed by atoms with Crippen molar-refractivity contribution in [1.29, 1.82) is 0 Å². The molecule has 0 saturated heterocycles. The molecular weight excluding hydrogens is 340 g/mol. The molecule has 2 aromatic rings. The second-order valence-electron chi connectivity index (χ2n) is 5.89. The fraction of sp³-hybridized carbons (Fsp3) is 0.263. The van der Waals surface area contributed by atoms with Crippen LogP contribution in [0.5, 0.6) is 0 Å².